The van der Waals surface area contributed by atoms with Crippen molar-refractivity contribution >= 4 is 88.1 Å². The molecule has 0 fully saturated rings. The Morgan fingerprint density at radius 1 is 0.265 bits per heavy atom. The number of aryl methyl sites for hydroxylation is 12. The lowest BCUT2D eigenvalue weighted by Crippen LogP contribution is -2.30. The van der Waals surface area contributed by atoms with Crippen LogP contribution in [0.25, 0.3) is 144 Å². The maximum atomic E-state index is 6.25. The van der Waals surface area contributed by atoms with Gasteiger partial charge in [0.1, 0.15) is 39.4 Å². The molecule has 6 aromatic carbocycles. The maximum absolute atomic E-state index is 6.25. The molecule has 0 aliphatic heterocycles. The van der Waals surface area contributed by atoms with Crippen molar-refractivity contribution in [1.82, 2.24) is 15.0 Å². The van der Waals surface area contributed by atoms with E-state index in [0.717, 1.165) is 111 Å². The first kappa shape index (κ1) is 73.3. The predicted octanol–water partition coefficient (Wildman–Crippen LogP) is 22.7. The van der Waals surface area contributed by atoms with Crippen molar-refractivity contribution in [2.75, 3.05) is 0 Å². The van der Waals surface area contributed by atoms with E-state index in [-0.39, 0.29) is 0 Å². The van der Waals surface area contributed by atoms with Gasteiger partial charge in [0.05, 0.1) is 22.3 Å². The summed E-state index contributed by atoms with van der Waals surface area (Å²) in [6, 6.07) is 69.2. The second-order valence-corrected chi connectivity index (χ2v) is 24.7. The van der Waals surface area contributed by atoms with Gasteiger partial charge in [-0.15, -0.1) is 0 Å². The van der Waals surface area contributed by atoms with Crippen LogP contribution in [0.15, 0.2) is 243 Å². The van der Waals surface area contributed by atoms with Gasteiger partial charge >= 0.3 is 0 Å². The van der Waals surface area contributed by atoms with Crippen LogP contribution in [0.3, 0.4) is 0 Å². The number of aromatic nitrogens is 7. The molecular formula is C91H97N7O4+4. The second kappa shape index (κ2) is 32.7. The van der Waals surface area contributed by atoms with Crippen molar-refractivity contribution in [3.63, 3.8) is 0 Å². The van der Waals surface area contributed by atoms with E-state index in [2.05, 4.69) is 266 Å². The molecule has 17 aromatic rings. The molecule has 0 saturated carbocycles. The van der Waals surface area contributed by atoms with Gasteiger partial charge in [0.25, 0.3) is 0 Å². The van der Waals surface area contributed by atoms with E-state index in [1.807, 2.05) is 131 Å². The fraction of sp³-hybridized carbons (Fsp3) is 0.220. The third kappa shape index (κ3) is 14.6. The van der Waals surface area contributed by atoms with Gasteiger partial charge in [-0.1, -0.05) is 146 Å². The molecule has 0 aliphatic carbocycles. The number of hydrogen-bond donors (Lipinski definition) is 0. The first-order valence-electron chi connectivity index (χ1n) is 35.8. The lowest BCUT2D eigenvalue weighted by atomic mass is 9.97. The lowest BCUT2D eigenvalue weighted by Gasteiger charge is -2.07. The van der Waals surface area contributed by atoms with Crippen LogP contribution in [0.5, 0.6) is 0 Å². The van der Waals surface area contributed by atoms with Crippen molar-refractivity contribution in [1.29, 1.82) is 0 Å². The van der Waals surface area contributed by atoms with E-state index in [1.165, 1.54) is 61.0 Å². The maximum Gasteiger partial charge on any atom is 0.227 e. The highest BCUT2D eigenvalue weighted by atomic mass is 16.4. The van der Waals surface area contributed by atoms with Gasteiger partial charge in [-0.25, -0.2) is 33.2 Å². The molecule has 17 rings (SSSR count). The Kier molecular flexibility index (Phi) is 23.5. The summed E-state index contributed by atoms with van der Waals surface area (Å²) in [4.78, 5) is 13.7. The van der Waals surface area contributed by atoms with Crippen molar-refractivity contribution in [3.05, 3.63) is 270 Å². The third-order valence-electron chi connectivity index (χ3n) is 18.0. The van der Waals surface area contributed by atoms with Gasteiger partial charge < -0.3 is 17.7 Å². The highest BCUT2D eigenvalue weighted by molar-refractivity contribution is 6.12. The van der Waals surface area contributed by atoms with Crippen molar-refractivity contribution in [3.8, 4) is 56.2 Å². The summed E-state index contributed by atoms with van der Waals surface area (Å²) < 4.78 is 33.3. The number of fused-ring (bicyclic) bond motifs is 12. The van der Waals surface area contributed by atoms with Crippen LogP contribution in [0.2, 0.25) is 0 Å². The molecule has 0 aliphatic rings. The van der Waals surface area contributed by atoms with E-state index < -0.39 is 0 Å². The normalized spacial score (nSPS) is 10.7. The summed E-state index contributed by atoms with van der Waals surface area (Å²) >= 11 is 0. The van der Waals surface area contributed by atoms with Crippen molar-refractivity contribution in [2.24, 2.45) is 28.2 Å². The Morgan fingerprint density at radius 3 is 1.08 bits per heavy atom. The third-order valence-corrected chi connectivity index (χ3v) is 18.0. The molecule has 0 spiro atoms. The van der Waals surface area contributed by atoms with Crippen LogP contribution in [0, 0.1) is 55.4 Å². The quantitative estimate of drug-likeness (QED) is 0.158. The van der Waals surface area contributed by atoms with Crippen LogP contribution in [0.1, 0.15) is 100 Å². The summed E-state index contributed by atoms with van der Waals surface area (Å²) in [6.07, 6.45) is 8.36. The largest absolute Gasteiger partial charge is 0.455 e. The predicted molar refractivity (Wildman–Crippen MR) is 423 cm³/mol. The average Bonchev–Trinajstić information content (AvgIpc) is 1.51. The van der Waals surface area contributed by atoms with Gasteiger partial charge in [-0.3, -0.25) is 0 Å². The van der Waals surface area contributed by atoms with E-state index in [1.54, 1.807) is 0 Å². The number of nitrogens with zero attached hydrogens (tertiary/aromatic N) is 7. The Morgan fingerprint density at radius 2 is 0.627 bits per heavy atom. The Balaban J connectivity index is 0.000000142. The molecule has 102 heavy (non-hydrogen) atoms. The van der Waals surface area contributed by atoms with Gasteiger partial charge in [-0.05, 0) is 156 Å². The zero-order chi connectivity index (χ0) is 73.1. The molecule has 0 N–H and O–H groups in total. The zero-order valence-corrected chi connectivity index (χ0v) is 63.1. The summed E-state index contributed by atoms with van der Waals surface area (Å²) in [7, 11) is 8.27. The smallest absolute Gasteiger partial charge is 0.227 e. The second-order valence-electron chi connectivity index (χ2n) is 24.7. The van der Waals surface area contributed by atoms with Crippen LogP contribution in [-0.4, -0.2) is 15.0 Å². The average molecular weight is 1350 g/mol. The molecule has 516 valence electrons. The molecule has 11 heteroatoms. The number of pyridine rings is 7. The number of rotatable bonds is 5. The van der Waals surface area contributed by atoms with Gasteiger partial charge in [-0.2, -0.15) is 0 Å². The van der Waals surface area contributed by atoms with E-state index >= 15 is 0 Å². The van der Waals surface area contributed by atoms with Crippen molar-refractivity contribution in [2.45, 2.75) is 111 Å². The minimum atomic E-state index is 0.699. The molecule has 0 atom stereocenters. The van der Waals surface area contributed by atoms with Crippen LogP contribution < -0.4 is 18.3 Å². The fourth-order valence-corrected chi connectivity index (χ4v) is 13.3. The Hall–Kier alpha value is -11.4. The number of furan rings is 4. The molecule has 11 nitrogen and oxygen atoms in total. The molecule has 0 amide bonds. The van der Waals surface area contributed by atoms with Crippen LogP contribution >= 0.6 is 0 Å². The molecule has 11 aromatic heterocycles. The van der Waals surface area contributed by atoms with Crippen LogP contribution in [-0.2, 0) is 28.2 Å². The monoisotopic (exact) mass is 1350 g/mol. The van der Waals surface area contributed by atoms with Gasteiger partial charge in [0, 0.05) is 108 Å². The highest BCUT2D eigenvalue weighted by Gasteiger charge is 2.26. The fourth-order valence-electron chi connectivity index (χ4n) is 13.3. The van der Waals surface area contributed by atoms with Gasteiger partial charge in [0.2, 0.25) is 39.9 Å². The number of benzene rings is 6. The van der Waals surface area contributed by atoms with E-state index in [4.69, 9.17) is 17.7 Å². The Bertz CT molecular complexity index is 5800. The summed E-state index contributed by atoms with van der Waals surface area (Å²) in [5, 5.41) is 8.95. The van der Waals surface area contributed by atoms with Crippen LogP contribution in [0.4, 0.5) is 0 Å². The summed E-state index contributed by atoms with van der Waals surface area (Å²) in [5.74, 6) is 0. The number of para-hydroxylation sites is 1. The first-order chi connectivity index (χ1) is 49.6. The molecule has 11 heterocycles. The van der Waals surface area contributed by atoms with Crippen molar-refractivity contribution < 1.29 is 35.9 Å². The summed E-state index contributed by atoms with van der Waals surface area (Å²) in [6.45, 7) is 32.6. The van der Waals surface area contributed by atoms with Gasteiger partial charge in [0.15, 0.2) is 41.5 Å². The Labute approximate surface area is 600 Å². The zero-order valence-electron chi connectivity index (χ0n) is 63.1. The molecule has 0 saturated heterocycles. The molecule has 0 unspecified atom stereocenters. The van der Waals surface area contributed by atoms with E-state index in [0.29, 0.717) is 17.1 Å². The lowest BCUT2D eigenvalue weighted by molar-refractivity contribution is -0.660. The standard InChI is InChI=1S/C25H21N2O.C20H19N2O.C19H17N2O.C19H16NO.4C2H6/c1-16-9-12-20-21-13-10-17(2)26-25(21)28-24(20)23(16)22-14-11-19(15-27(22)3)18-7-5-4-6-8-18;1-12-11-13(2)18(16-7-5-6-10-22(16)4)19-17(12)15-9-8-14(3)21-20(15)23-19;1-12-7-9-14-15-10-8-13(2)20-19(15)22-18(14)17(12)16-6-4-5-11-21(16)3;1-13-10-11-15-14-7-3-4-9-17(14)21-19(15)18(13)16-8-5-6-12-20(16)2;4*1-2/h4-15H,1-3H3;5-11H,1-4H3;4-11H,1-3H3;3-12H,1-2H3;4*1-2H3/q4*+1;;;;. The minimum Gasteiger partial charge on any atom is -0.455 e. The molecular weight excluding hydrogens is 1260 g/mol. The summed E-state index contributed by atoms with van der Waals surface area (Å²) in [5.41, 5.74) is 27.3. The highest BCUT2D eigenvalue weighted by Crippen LogP contribution is 2.42. The molecule has 0 bridgehead atoms. The number of hydrogen-bond acceptors (Lipinski definition) is 7. The first-order valence-corrected chi connectivity index (χ1v) is 35.8. The topological polar surface area (TPSA) is 107 Å². The minimum absolute atomic E-state index is 0.699. The SMILES string of the molecule is CC.CC.CC.CC.Cc1ccc2c(n1)oc1c(-c3ccc(-c4ccccc4)c[n+]3C)c(C)ccc12.Cc1ccc2c(n1)oc1c(-c3cccc[n+]3C)c(C)cc(C)c12.Cc1ccc2c(n1)oc1c(-c3cccc[n+]3C)c(C)ccc12.Cc1ccc2c(oc3ccccc32)c1-c1cccc[n+]1C. The van der Waals surface area contributed by atoms with E-state index in [9.17, 15) is 0 Å². The molecule has 0 radical (unpaired) electrons.